The maximum atomic E-state index is 12.5. The van der Waals surface area contributed by atoms with Gasteiger partial charge in [-0.3, -0.25) is 14.4 Å². The molecular formula is C17H17N5O3S. The third-order valence-corrected chi connectivity index (χ3v) is 4.84. The topological polar surface area (TPSA) is 119 Å². The minimum absolute atomic E-state index is 0.00851. The molecule has 0 spiro atoms. The molecule has 0 saturated carbocycles. The van der Waals surface area contributed by atoms with Gasteiger partial charge >= 0.3 is 0 Å². The molecule has 2 amide bonds. The van der Waals surface area contributed by atoms with Crippen LogP contribution in [0.1, 0.15) is 16.2 Å². The summed E-state index contributed by atoms with van der Waals surface area (Å²) in [5.41, 5.74) is 6.57. The van der Waals surface area contributed by atoms with Crippen LogP contribution in [0.4, 0.5) is 10.1 Å². The zero-order chi connectivity index (χ0) is 18.8. The number of carbonyl (C=O) groups is 2. The van der Waals surface area contributed by atoms with E-state index in [9.17, 15) is 14.4 Å². The van der Waals surface area contributed by atoms with E-state index in [-0.39, 0.29) is 28.6 Å². The van der Waals surface area contributed by atoms with E-state index < -0.39 is 5.91 Å². The summed E-state index contributed by atoms with van der Waals surface area (Å²) in [6.45, 7) is 1.75. The number of benzene rings is 1. The summed E-state index contributed by atoms with van der Waals surface area (Å²) in [4.78, 5) is 40.2. The second kappa shape index (κ2) is 6.96. The van der Waals surface area contributed by atoms with Gasteiger partial charge in [0.2, 0.25) is 5.91 Å². The number of primary amides is 1. The number of fused-ring (bicyclic) bond motifs is 1. The maximum absolute atomic E-state index is 12.5. The molecule has 0 aliphatic carbocycles. The van der Waals surface area contributed by atoms with Crippen LogP contribution >= 0.6 is 11.3 Å². The van der Waals surface area contributed by atoms with Gasteiger partial charge in [0, 0.05) is 24.2 Å². The van der Waals surface area contributed by atoms with Crippen molar-refractivity contribution in [3.8, 4) is 0 Å². The van der Waals surface area contributed by atoms with Crippen LogP contribution in [-0.2, 0) is 11.3 Å². The largest absolute Gasteiger partial charge is 0.365 e. The first-order valence-electron chi connectivity index (χ1n) is 7.78. The van der Waals surface area contributed by atoms with Gasteiger partial charge in [-0.2, -0.15) is 0 Å². The number of nitrogens with one attached hydrogen (secondary N) is 2. The molecular weight excluding hydrogens is 354 g/mol. The molecule has 4 N–H and O–H groups in total. The molecule has 134 valence electrons. The summed E-state index contributed by atoms with van der Waals surface area (Å²) in [6, 6.07) is 8.59. The summed E-state index contributed by atoms with van der Waals surface area (Å²) >= 11 is 1.12. The van der Waals surface area contributed by atoms with Crippen LogP contribution in [-0.4, -0.2) is 28.4 Å². The number of amides is 2. The van der Waals surface area contributed by atoms with E-state index in [4.69, 9.17) is 5.73 Å². The average molecular weight is 371 g/mol. The summed E-state index contributed by atoms with van der Waals surface area (Å²) in [5.74, 6) is -1.07. The van der Waals surface area contributed by atoms with Gasteiger partial charge < -0.3 is 20.9 Å². The molecule has 9 heteroatoms. The zero-order valence-electron chi connectivity index (χ0n) is 14.2. The Labute approximate surface area is 152 Å². The molecule has 3 aromatic rings. The standard InChI is InChI=1S/C17H17N5O3S/c1-9-7-12(23)10-5-3-4-6-11(10)22(9)8-13(24)20-16-14(15(18)25)21-17(19-2)26-16/h3-7H,8H2,1-2H3,(H2,18,25)(H,19,21)(H,20,24). The highest BCUT2D eigenvalue weighted by atomic mass is 32.1. The monoisotopic (exact) mass is 371 g/mol. The number of pyridine rings is 1. The van der Waals surface area contributed by atoms with Gasteiger partial charge in [0.05, 0.1) is 5.52 Å². The van der Waals surface area contributed by atoms with Crippen molar-refractivity contribution in [1.82, 2.24) is 9.55 Å². The Bertz CT molecular complexity index is 1070. The van der Waals surface area contributed by atoms with E-state index in [1.807, 2.05) is 6.07 Å². The van der Waals surface area contributed by atoms with Crippen molar-refractivity contribution < 1.29 is 9.59 Å². The minimum Gasteiger partial charge on any atom is -0.365 e. The van der Waals surface area contributed by atoms with Crippen molar-refractivity contribution in [2.75, 3.05) is 17.7 Å². The smallest absolute Gasteiger partial charge is 0.270 e. The number of nitrogens with zero attached hydrogens (tertiary/aromatic N) is 2. The van der Waals surface area contributed by atoms with Crippen LogP contribution in [0.5, 0.6) is 0 Å². The molecule has 0 aliphatic heterocycles. The van der Waals surface area contributed by atoms with Crippen LogP contribution in [0.25, 0.3) is 10.9 Å². The first-order valence-corrected chi connectivity index (χ1v) is 8.59. The second-order valence-electron chi connectivity index (χ2n) is 5.61. The lowest BCUT2D eigenvalue weighted by molar-refractivity contribution is -0.116. The number of rotatable bonds is 5. The fourth-order valence-corrected chi connectivity index (χ4v) is 3.49. The van der Waals surface area contributed by atoms with Crippen molar-refractivity contribution in [3.63, 3.8) is 0 Å². The number of carbonyl (C=O) groups excluding carboxylic acids is 2. The Balaban J connectivity index is 1.93. The number of para-hydroxylation sites is 1. The normalized spacial score (nSPS) is 10.7. The number of anilines is 2. The van der Waals surface area contributed by atoms with Gasteiger partial charge in [0.25, 0.3) is 5.91 Å². The first kappa shape index (κ1) is 17.6. The maximum Gasteiger partial charge on any atom is 0.270 e. The highest BCUT2D eigenvalue weighted by Crippen LogP contribution is 2.28. The molecule has 3 rings (SSSR count). The Hall–Kier alpha value is -3.20. The fourth-order valence-electron chi connectivity index (χ4n) is 2.65. The molecule has 0 aliphatic rings. The van der Waals surface area contributed by atoms with Crippen LogP contribution in [0, 0.1) is 6.92 Å². The van der Waals surface area contributed by atoms with E-state index in [1.165, 1.54) is 6.07 Å². The summed E-state index contributed by atoms with van der Waals surface area (Å²) in [6.07, 6.45) is 0. The number of aromatic nitrogens is 2. The Morgan fingerprint density at radius 1 is 1.31 bits per heavy atom. The highest BCUT2D eigenvalue weighted by Gasteiger charge is 2.18. The van der Waals surface area contributed by atoms with Crippen molar-refractivity contribution in [2.45, 2.75) is 13.5 Å². The van der Waals surface area contributed by atoms with Gasteiger partial charge in [0.1, 0.15) is 11.5 Å². The van der Waals surface area contributed by atoms with E-state index in [1.54, 1.807) is 36.7 Å². The molecule has 26 heavy (non-hydrogen) atoms. The second-order valence-corrected chi connectivity index (χ2v) is 6.61. The Kier molecular flexibility index (Phi) is 4.72. The molecule has 0 bridgehead atoms. The van der Waals surface area contributed by atoms with Gasteiger partial charge in [0.15, 0.2) is 16.3 Å². The molecule has 0 saturated heterocycles. The number of hydrogen-bond acceptors (Lipinski definition) is 6. The zero-order valence-corrected chi connectivity index (χ0v) is 15.0. The Morgan fingerprint density at radius 2 is 2.04 bits per heavy atom. The van der Waals surface area contributed by atoms with Crippen LogP contribution in [0.15, 0.2) is 35.1 Å². The van der Waals surface area contributed by atoms with Crippen LogP contribution in [0.2, 0.25) is 0 Å². The van der Waals surface area contributed by atoms with Crippen LogP contribution < -0.4 is 21.8 Å². The van der Waals surface area contributed by atoms with Crippen molar-refractivity contribution in [3.05, 3.63) is 51.9 Å². The van der Waals surface area contributed by atoms with Gasteiger partial charge in [-0.25, -0.2) is 4.98 Å². The quantitative estimate of drug-likeness (QED) is 0.629. The fraction of sp³-hybridized carbons (Fsp3) is 0.176. The summed E-state index contributed by atoms with van der Waals surface area (Å²) < 4.78 is 1.75. The molecule has 8 nitrogen and oxygen atoms in total. The lowest BCUT2D eigenvalue weighted by atomic mass is 10.2. The van der Waals surface area contributed by atoms with Gasteiger partial charge in [-0.15, -0.1) is 0 Å². The van der Waals surface area contributed by atoms with Gasteiger partial charge in [-0.1, -0.05) is 23.5 Å². The predicted molar refractivity (Wildman–Crippen MR) is 102 cm³/mol. The molecule has 2 heterocycles. The van der Waals surface area contributed by atoms with Crippen molar-refractivity contribution in [2.24, 2.45) is 5.73 Å². The van der Waals surface area contributed by atoms with E-state index in [2.05, 4.69) is 15.6 Å². The SMILES string of the molecule is CNc1nc(C(N)=O)c(NC(=O)Cn2c(C)cc(=O)c3ccccc32)s1. The molecule has 0 atom stereocenters. The van der Waals surface area contributed by atoms with E-state index in [0.717, 1.165) is 11.3 Å². The molecule has 1 aromatic carbocycles. The number of nitrogens with two attached hydrogens (primary N) is 1. The Morgan fingerprint density at radius 3 is 2.73 bits per heavy atom. The number of hydrogen-bond donors (Lipinski definition) is 3. The van der Waals surface area contributed by atoms with E-state index >= 15 is 0 Å². The first-order chi connectivity index (χ1) is 12.4. The predicted octanol–water partition coefficient (Wildman–Crippen LogP) is 1.55. The third kappa shape index (κ3) is 3.29. The number of thiazole rings is 1. The minimum atomic E-state index is -0.719. The molecule has 2 aromatic heterocycles. The summed E-state index contributed by atoms with van der Waals surface area (Å²) in [7, 11) is 1.66. The van der Waals surface area contributed by atoms with Gasteiger partial charge in [-0.05, 0) is 19.1 Å². The van der Waals surface area contributed by atoms with Crippen molar-refractivity contribution >= 4 is 44.2 Å². The lowest BCUT2D eigenvalue weighted by Crippen LogP contribution is -2.23. The highest BCUT2D eigenvalue weighted by molar-refractivity contribution is 7.20. The number of aryl methyl sites for hydroxylation is 1. The lowest BCUT2D eigenvalue weighted by Gasteiger charge is -2.14. The van der Waals surface area contributed by atoms with Crippen molar-refractivity contribution in [1.29, 1.82) is 0 Å². The average Bonchev–Trinajstić information content (AvgIpc) is 3.02. The third-order valence-electron chi connectivity index (χ3n) is 3.86. The van der Waals surface area contributed by atoms with Crippen LogP contribution in [0.3, 0.4) is 0 Å². The molecule has 0 unspecified atom stereocenters. The molecule has 0 radical (unpaired) electrons. The van der Waals surface area contributed by atoms with E-state index in [0.29, 0.717) is 21.7 Å². The molecule has 0 fully saturated rings. The summed E-state index contributed by atoms with van der Waals surface area (Å²) in [5, 5.41) is 6.79.